The van der Waals surface area contributed by atoms with Gasteiger partial charge < -0.3 is 5.32 Å². The maximum atomic E-state index is 4.38. The van der Waals surface area contributed by atoms with Crippen molar-refractivity contribution in [2.75, 3.05) is 19.6 Å². The molecule has 0 radical (unpaired) electrons. The molecule has 1 N–H and O–H groups in total. The monoisotopic (exact) mass is 236 g/mol. The molecule has 1 aliphatic rings. The fourth-order valence-electron chi connectivity index (χ4n) is 2.42. The SMILES string of the molecule is CCCN(C1CNC1)C(C)c1cnn(CC)c1. The summed E-state index contributed by atoms with van der Waals surface area (Å²) in [5.41, 5.74) is 1.34. The van der Waals surface area contributed by atoms with Crippen molar-refractivity contribution in [3.8, 4) is 0 Å². The van der Waals surface area contributed by atoms with Crippen molar-refractivity contribution in [1.29, 1.82) is 0 Å². The van der Waals surface area contributed by atoms with Gasteiger partial charge >= 0.3 is 0 Å². The minimum atomic E-state index is 0.474. The Morgan fingerprint density at radius 1 is 1.53 bits per heavy atom. The highest BCUT2D eigenvalue weighted by atomic mass is 15.3. The van der Waals surface area contributed by atoms with Crippen molar-refractivity contribution in [3.63, 3.8) is 0 Å². The normalized spacial score (nSPS) is 18.4. The fraction of sp³-hybridized carbons (Fsp3) is 0.769. The Morgan fingerprint density at radius 2 is 2.29 bits per heavy atom. The van der Waals surface area contributed by atoms with Crippen LogP contribution in [-0.4, -0.2) is 40.4 Å². The van der Waals surface area contributed by atoms with Gasteiger partial charge in [0.05, 0.1) is 6.20 Å². The summed E-state index contributed by atoms with van der Waals surface area (Å²) in [5, 5.41) is 7.74. The summed E-state index contributed by atoms with van der Waals surface area (Å²) in [6.45, 7) is 11.1. The Balaban J connectivity index is 2.06. The van der Waals surface area contributed by atoms with Crippen LogP contribution in [0.5, 0.6) is 0 Å². The van der Waals surface area contributed by atoms with Crippen LogP contribution < -0.4 is 5.32 Å². The Labute approximate surface area is 104 Å². The highest BCUT2D eigenvalue weighted by Crippen LogP contribution is 2.23. The van der Waals surface area contributed by atoms with Gasteiger partial charge in [-0.3, -0.25) is 9.58 Å². The Hall–Kier alpha value is -0.870. The predicted molar refractivity (Wildman–Crippen MR) is 70.0 cm³/mol. The molecule has 1 fully saturated rings. The first-order valence-corrected chi connectivity index (χ1v) is 6.75. The summed E-state index contributed by atoms with van der Waals surface area (Å²) < 4.78 is 2.01. The zero-order valence-corrected chi connectivity index (χ0v) is 11.2. The maximum Gasteiger partial charge on any atom is 0.0537 e. The van der Waals surface area contributed by atoms with Crippen LogP contribution in [0.1, 0.15) is 38.8 Å². The van der Waals surface area contributed by atoms with Crippen LogP contribution in [0.3, 0.4) is 0 Å². The van der Waals surface area contributed by atoms with E-state index in [0.29, 0.717) is 12.1 Å². The van der Waals surface area contributed by atoms with Gasteiger partial charge in [-0.1, -0.05) is 6.92 Å². The summed E-state index contributed by atoms with van der Waals surface area (Å²) in [7, 11) is 0. The molecule has 96 valence electrons. The van der Waals surface area contributed by atoms with E-state index in [4.69, 9.17) is 0 Å². The van der Waals surface area contributed by atoms with Crippen LogP contribution in [0.4, 0.5) is 0 Å². The number of aromatic nitrogens is 2. The van der Waals surface area contributed by atoms with Crippen LogP contribution in [0.25, 0.3) is 0 Å². The van der Waals surface area contributed by atoms with Crippen molar-refractivity contribution in [2.45, 2.75) is 45.8 Å². The summed E-state index contributed by atoms with van der Waals surface area (Å²) in [6, 6.07) is 1.18. The lowest BCUT2D eigenvalue weighted by Gasteiger charge is -2.41. The van der Waals surface area contributed by atoms with Gasteiger partial charge in [-0.2, -0.15) is 5.10 Å². The molecule has 0 aromatic carbocycles. The van der Waals surface area contributed by atoms with Crippen molar-refractivity contribution in [3.05, 3.63) is 18.0 Å². The Bertz CT molecular complexity index is 343. The Morgan fingerprint density at radius 3 is 2.76 bits per heavy atom. The summed E-state index contributed by atoms with van der Waals surface area (Å²) in [5.74, 6) is 0. The van der Waals surface area contributed by atoms with E-state index in [1.165, 1.54) is 18.5 Å². The smallest absolute Gasteiger partial charge is 0.0537 e. The highest BCUT2D eigenvalue weighted by molar-refractivity contribution is 5.10. The zero-order valence-electron chi connectivity index (χ0n) is 11.2. The van der Waals surface area contributed by atoms with E-state index >= 15 is 0 Å². The summed E-state index contributed by atoms with van der Waals surface area (Å²) in [6.07, 6.45) is 5.41. The molecule has 0 aliphatic carbocycles. The molecule has 1 aliphatic heterocycles. The molecule has 1 aromatic heterocycles. The second-order valence-electron chi connectivity index (χ2n) is 4.86. The maximum absolute atomic E-state index is 4.38. The number of rotatable bonds is 6. The molecule has 17 heavy (non-hydrogen) atoms. The molecule has 0 saturated carbocycles. The minimum absolute atomic E-state index is 0.474. The van der Waals surface area contributed by atoms with Crippen molar-refractivity contribution in [1.82, 2.24) is 20.0 Å². The van der Waals surface area contributed by atoms with E-state index in [1.54, 1.807) is 0 Å². The molecule has 1 saturated heterocycles. The second kappa shape index (κ2) is 5.65. The van der Waals surface area contributed by atoms with Crippen molar-refractivity contribution in [2.24, 2.45) is 0 Å². The van der Waals surface area contributed by atoms with Crippen LogP contribution in [0.2, 0.25) is 0 Å². The summed E-state index contributed by atoms with van der Waals surface area (Å²) in [4.78, 5) is 2.60. The van der Waals surface area contributed by atoms with Crippen LogP contribution in [-0.2, 0) is 6.54 Å². The lowest BCUT2D eigenvalue weighted by molar-refractivity contribution is 0.103. The first-order valence-electron chi connectivity index (χ1n) is 6.75. The van der Waals surface area contributed by atoms with E-state index < -0.39 is 0 Å². The number of hydrogen-bond acceptors (Lipinski definition) is 3. The third-order valence-electron chi connectivity index (χ3n) is 3.67. The fourth-order valence-corrected chi connectivity index (χ4v) is 2.42. The topological polar surface area (TPSA) is 33.1 Å². The van der Waals surface area contributed by atoms with Gasteiger partial charge in [0.2, 0.25) is 0 Å². The highest BCUT2D eigenvalue weighted by Gasteiger charge is 2.28. The van der Waals surface area contributed by atoms with Crippen LogP contribution >= 0.6 is 0 Å². The van der Waals surface area contributed by atoms with Gasteiger partial charge in [-0.25, -0.2) is 0 Å². The molecule has 1 atom stereocenters. The molecule has 0 spiro atoms. The molecular formula is C13H24N4. The van der Waals surface area contributed by atoms with Crippen molar-refractivity contribution < 1.29 is 0 Å². The average molecular weight is 236 g/mol. The number of nitrogens with zero attached hydrogens (tertiary/aromatic N) is 3. The van der Waals surface area contributed by atoms with Gasteiger partial charge in [-0.15, -0.1) is 0 Å². The standard InChI is InChI=1S/C13H24N4/c1-4-6-17(13-8-14-9-13)11(3)12-7-15-16(5-2)10-12/h7,10-11,13-14H,4-6,8-9H2,1-3H3. The molecule has 0 amide bonds. The molecule has 2 heterocycles. The van der Waals surface area contributed by atoms with E-state index in [1.807, 2.05) is 10.9 Å². The third-order valence-corrected chi connectivity index (χ3v) is 3.67. The lowest BCUT2D eigenvalue weighted by atomic mass is 10.0. The van der Waals surface area contributed by atoms with Gasteiger partial charge in [0.25, 0.3) is 0 Å². The number of nitrogens with one attached hydrogen (secondary N) is 1. The van der Waals surface area contributed by atoms with E-state index in [9.17, 15) is 0 Å². The number of aryl methyl sites for hydroxylation is 1. The molecule has 4 nitrogen and oxygen atoms in total. The Kier molecular flexibility index (Phi) is 4.18. The molecule has 1 aromatic rings. The first-order chi connectivity index (χ1) is 8.26. The van der Waals surface area contributed by atoms with Gasteiger partial charge in [-0.05, 0) is 26.8 Å². The zero-order chi connectivity index (χ0) is 12.3. The molecule has 0 bridgehead atoms. The molecule has 1 unspecified atom stereocenters. The lowest BCUT2D eigenvalue weighted by Crippen LogP contribution is -2.57. The molecule has 2 rings (SSSR count). The summed E-state index contributed by atoms with van der Waals surface area (Å²) >= 11 is 0. The predicted octanol–water partition coefficient (Wildman–Crippen LogP) is 1.65. The minimum Gasteiger partial charge on any atom is -0.314 e. The molecular weight excluding hydrogens is 212 g/mol. The van der Waals surface area contributed by atoms with E-state index in [0.717, 1.165) is 19.6 Å². The van der Waals surface area contributed by atoms with Crippen LogP contribution in [0, 0.1) is 0 Å². The van der Waals surface area contributed by atoms with E-state index in [2.05, 4.69) is 42.3 Å². The number of hydrogen-bond donors (Lipinski definition) is 1. The average Bonchev–Trinajstić information content (AvgIpc) is 2.73. The third kappa shape index (κ3) is 2.69. The first kappa shape index (κ1) is 12.6. The van der Waals surface area contributed by atoms with Gasteiger partial charge in [0.15, 0.2) is 0 Å². The van der Waals surface area contributed by atoms with Crippen molar-refractivity contribution >= 4 is 0 Å². The van der Waals surface area contributed by atoms with Gasteiger partial charge in [0, 0.05) is 43.5 Å². The van der Waals surface area contributed by atoms with E-state index in [-0.39, 0.29) is 0 Å². The molecule has 4 heteroatoms. The quantitative estimate of drug-likeness (QED) is 0.815. The largest absolute Gasteiger partial charge is 0.314 e. The van der Waals surface area contributed by atoms with Gasteiger partial charge in [0.1, 0.15) is 0 Å². The second-order valence-corrected chi connectivity index (χ2v) is 4.86. The van der Waals surface area contributed by atoms with Crippen LogP contribution in [0.15, 0.2) is 12.4 Å².